The van der Waals surface area contributed by atoms with Crippen molar-refractivity contribution in [1.29, 1.82) is 0 Å². The summed E-state index contributed by atoms with van der Waals surface area (Å²) in [5, 5.41) is -0.0445. The van der Waals surface area contributed by atoms with Crippen LogP contribution in [0.15, 0.2) is 60.3 Å². The second-order valence-corrected chi connectivity index (χ2v) is 19.3. The van der Waals surface area contributed by atoms with Crippen molar-refractivity contribution in [1.82, 2.24) is 4.98 Å². The number of aromatic nitrogens is 1. The molecule has 8 nitrogen and oxygen atoms in total. The highest BCUT2D eigenvalue weighted by atomic mass is 28.4. The number of nitrogens with zero attached hydrogens (tertiary/aromatic N) is 1. The average Bonchev–Trinajstić information content (AvgIpc) is 3.56. The van der Waals surface area contributed by atoms with E-state index in [2.05, 4.69) is 51.8 Å². The third-order valence-electron chi connectivity index (χ3n) is 9.61. The van der Waals surface area contributed by atoms with Gasteiger partial charge in [0.15, 0.2) is 20.2 Å². The SMILES string of the molecule is CCOC(C)O[C@]12CC[C@@H](O[Si](C)(C)C(C)(C)C)CC(=O)O[C@H](/C(C)=C/C=C/[C@@H](C)c3ccccn3)[C@@H](C)/C=C/[C@@]1(OC(C)=O)C2. The molecule has 1 saturated carbocycles. The molecule has 7 atom stereocenters. The van der Waals surface area contributed by atoms with E-state index in [0.717, 1.165) is 11.3 Å². The summed E-state index contributed by atoms with van der Waals surface area (Å²) >= 11 is 0. The zero-order valence-electron chi connectivity index (χ0n) is 29.9. The molecule has 0 bridgehead atoms. The number of carbonyl (C=O) groups is 2. The van der Waals surface area contributed by atoms with Gasteiger partial charge >= 0.3 is 11.9 Å². The number of esters is 2. The van der Waals surface area contributed by atoms with Gasteiger partial charge in [0, 0.05) is 43.7 Å². The Bertz CT molecular complexity index is 1270. The molecule has 1 unspecified atom stereocenters. The molecule has 0 N–H and O–H groups in total. The third kappa shape index (κ3) is 9.72. The molecule has 9 heteroatoms. The van der Waals surface area contributed by atoms with E-state index in [1.165, 1.54) is 6.92 Å². The predicted octanol–water partition coefficient (Wildman–Crippen LogP) is 8.21. The lowest BCUT2D eigenvalue weighted by atomic mass is 9.94. The Hall–Kier alpha value is -2.59. The summed E-state index contributed by atoms with van der Waals surface area (Å²) in [6.07, 6.45) is 12.1. The van der Waals surface area contributed by atoms with Gasteiger partial charge in [0.05, 0.1) is 12.5 Å². The maximum atomic E-state index is 13.6. The minimum atomic E-state index is -2.24. The molecule has 1 aliphatic heterocycles. The fourth-order valence-corrected chi connectivity index (χ4v) is 7.29. The summed E-state index contributed by atoms with van der Waals surface area (Å²) in [7, 11) is -2.24. The van der Waals surface area contributed by atoms with E-state index >= 15 is 0 Å². The molecule has 0 radical (unpaired) electrons. The van der Waals surface area contributed by atoms with E-state index < -0.39 is 31.9 Å². The molecule has 0 aromatic carbocycles. The van der Waals surface area contributed by atoms with Crippen LogP contribution in [0.25, 0.3) is 0 Å². The monoisotopic (exact) mass is 655 g/mol. The van der Waals surface area contributed by atoms with E-state index in [-0.39, 0.29) is 41.3 Å². The lowest BCUT2D eigenvalue weighted by molar-refractivity contribution is -0.192. The van der Waals surface area contributed by atoms with Gasteiger partial charge in [0.1, 0.15) is 11.7 Å². The Morgan fingerprint density at radius 2 is 1.93 bits per heavy atom. The zero-order chi connectivity index (χ0) is 34.3. The Morgan fingerprint density at radius 1 is 1.22 bits per heavy atom. The second-order valence-electron chi connectivity index (χ2n) is 14.5. The van der Waals surface area contributed by atoms with Crippen LogP contribution in [0.3, 0.4) is 0 Å². The molecule has 0 amide bonds. The molecule has 3 rings (SSSR count). The van der Waals surface area contributed by atoms with Crippen LogP contribution in [0.4, 0.5) is 0 Å². The highest BCUT2D eigenvalue weighted by Crippen LogP contribution is 2.59. The number of carbonyl (C=O) groups excluding carboxylic acids is 2. The van der Waals surface area contributed by atoms with Crippen molar-refractivity contribution < 1.29 is 33.0 Å². The van der Waals surface area contributed by atoms with Gasteiger partial charge in [-0.1, -0.05) is 65.0 Å². The number of pyridine rings is 1. The summed E-state index contributed by atoms with van der Waals surface area (Å²) in [5.41, 5.74) is 0.130. The summed E-state index contributed by atoms with van der Waals surface area (Å²) in [5.74, 6) is -0.761. The van der Waals surface area contributed by atoms with Gasteiger partial charge in [0.25, 0.3) is 0 Å². The molecule has 0 spiro atoms. The largest absolute Gasteiger partial charge is 0.457 e. The number of cyclic esters (lactones) is 1. The Labute approximate surface area is 278 Å². The molecule has 256 valence electrons. The van der Waals surface area contributed by atoms with Crippen molar-refractivity contribution in [2.24, 2.45) is 5.92 Å². The fourth-order valence-electron chi connectivity index (χ4n) is 5.90. The van der Waals surface area contributed by atoms with Gasteiger partial charge in [0.2, 0.25) is 0 Å². The molecule has 1 aromatic heterocycles. The second kappa shape index (κ2) is 15.5. The van der Waals surface area contributed by atoms with Crippen LogP contribution < -0.4 is 0 Å². The fraction of sp³-hybridized carbons (Fsp3) is 0.649. The van der Waals surface area contributed by atoms with E-state index in [4.69, 9.17) is 23.4 Å². The first-order valence-corrected chi connectivity index (χ1v) is 19.7. The molecule has 1 aliphatic carbocycles. The molecule has 1 fully saturated rings. The van der Waals surface area contributed by atoms with Crippen LogP contribution in [0.5, 0.6) is 0 Å². The minimum Gasteiger partial charge on any atom is -0.457 e. The van der Waals surface area contributed by atoms with Crippen LogP contribution in [-0.2, 0) is 33.0 Å². The Balaban J connectivity index is 2.01. The molecule has 1 aromatic rings. The predicted molar refractivity (Wildman–Crippen MR) is 184 cm³/mol. The van der Waals surface area contributed by atoms with Crippen molar-refractivity contribution in [3.63, 3.8) is 0 Å². The molecule has 46 heavy (non-hydrogen) atoms. The lowest BCUT2D eigenvalue weighted by Crippen LogP contribution is -2.45. The molecular weight excluding hydrogens is 598 g/mol. The van der Waals surface area contributed by atoms with Crippen LogP contribution in [-0.4, -0.2) is 61.5 Å². The number of hydrogen-bond acceptors (Lipinski definition) is 8. The highest BCUT2D eigenvalue weighted by Gasteiger charge is 2.71. The standard InChI is InChI=1S/C37H57NO7Si/c1-12-41-30(6)44-37-22-20-31(45-46(10,11)35(7,8)9)24-33(40)42-34(28(4)19-21-36(37,25-37)43-29(5)39)27(3)17-15-16-26(2)32-18-13-14-23-38-32/h13-19,21,23,26,28,30-31,34H,12,20,22,24-25H2,1-11H3/b16-15+,21-19+,27-17+/t26-,28+,30?,31-,34-,36-,37+/m1/s1. The zero-order valence-corrected chi connectivity index (χ0v) is 30.9. The summed E-state index contributed by atoms with van der Waals surface area (Å²) in [6.45, 7) is 22.7. The molecule has 0 saturated heterocycles. The van der Waals surface area contributed by atoms with E-state index in [1.807, 2.05) is 70.2 Å². The van der Waals surface area contributed by atoms with Gasteiger partial charge < -0.3 is 23.4 Å². The van der Waals surface area contributed by atoms with Crippen molar-refractivity contribution in [2.75, 3.05) is 6.61 Å². The Kier molecular flexibility index (Phi) is 12.8. The topological polar surface area (TPSA) is 93.2 Å². The highest BCUT2D eigenvalue weighted by molar-refractivity contribution is 6.74. The lowest BCUT2D eigenvalue weighted by Gasteiger charge is -2.40. The van der Waals surface area contributed by atoms with Gasteiger partial charge in [-0.05, 0) is 75.5 Å². The van der Waals surface area contributed by atoms with E-state index in [1.54, 1.807) is 6.20 Å². The minimum absolute atomic E-state index is 0.0445. The molecule has 2 heterocycles. The van der Waals surface area contributed by atoms with Crippen LogP contribution in [0.1, 0.15) is 99.6 Å². The van der Waals surface area contributed by atoms with Gasteiger partial charge in [-0.25, -0.2) is 0 Å². The van der Waals surface area contributed by atoms with Crippen molar-refractivity contribution >= 4 is 20.3 Å². The first kappa shape index (κ1) is 37.9. The summed E-state index contributed by atoms with van der Waals surface area (Å²) in [6, 6.07) is 5.89. The van der Waals surface area contributed by atoms with Crippen molar-refractivity contribution in [3.05, 3.63) is 66.0 Å². The van der Waals surface area contributed by atoms with Crippen molar-refractivity contribution in [3.8, 4) is 0 Å². The van der Waals surface area contributed by atoms with Crippen LogP contribution in [0, 0.1) is 5.92 Å². The van der Waals surface area contributed by atoms with Gasteiger partial charge in [-0.15, -0.1) is 0 Å². The van der Waals surface area contributed by atoms with E-state index in [9.17, 15) is 9.59 Å². The van der Waals surface area contributed by atoms with Crippen LogP contribution >= 0.6 is 0 Å². The molecule has 2 aliphatic rings. The number of ether oxygens (including phenoxy) is 4. The number of allylic oxidation sites excluding steroid dienone is 3. The van der Waals surface area contributed by atoms with Gasteiger partial charge in [-0.3, -0.25) is 14.6 Å². The number of rotatable bonds is 11. The third-order valence-corrected chi connectivity index (χ3v) is 14.1. The number of fused-ring (bicyclic) bond motifs is 1. The first-order valence-electron chi connectivity index (χ1n) is 16.8. The summed E-state index contributed by atoms with van der Waals surface area (Å²) < 4.78 is 31.5. The Morgan fingerprint density at radius 3 is 2.54 bits per heavy atom. The number of hydrogen-bond donors (Lipinski definition) is 0. The first-order chi connectivity index (χ1) is 21.4. The quantitative estimate of drug-likeness (QED) is 0.0774. The maximum Gasteiger partial charge on any atom is 0.308 e. The smallest absolute Gasteiger partial charge is 0.308 e. The molecular formula is C37H57NO7Si. The van der Waals surface area contributed by atoms with Crippen molar-refractivity contribution in [2.45, 2.75) is 142 Å². The normalized spacial score (nSPS) is 29.9. The van der Waals surface area contributed by atoms with E-state index in [0.29, 0.717) is 25.9 Å². The maximum absolute atomic E-state index is 13.6. The van der Waals surface area contributed by atoms with Gasteiger partial charge in [-0.2, -0.15) is 0 Å². The average molecular weight is 656 g/mol. The summed E-state index contributed by atoms with van der Waals surface area (Å²) in [4.78, 5) is 30.5. The van der Waals surface area contributed by atoms with Crippen LogP contribution in [0.2, 0.25) is 18.1 Å².